The minimum Gasteiger partial charge on any atom is -0.494 e. The van der Waals surface area contributed by atoms with Gasteiger partial charge in [0.1, 0.15) is 11.6 Å². The summed E-state index contributed by atoms with van der Waals surface area (Å²) in [6.07, 6.45) is 3.74. The van der Waals surface area contributed by atoms with Crippen LogP contribution in [0.15, 0.2) is 36.7 Å². The maximum Gasteiger partial charge on any atom is 0.356 e. The molecule has 1 aliphatic rings. The van der Waals surface area contributed by atoms with Crippen molar-refractivity contribution in [2.24, 2.45) is 0 Å². The minimum atomic E-state index is -1.07. The summed E-state index contributed by atoms with van der Waals surface area (Å²) in [7, 11) is 0. The fraction of sp³-hybridized carbons (Fsp3) is 0.312. The topological polar surface area (TPSA) is 84.3 Å². The van der Waals surface area contributed by atoms with E-state index in [1.165, 1.54) is 18.0 Å². The number of hydrogen-bond acceptors (Lipinski definition) is 5. The van der Waals surface area contributed by atoms with Crippen LogP contribution >= 0.6 is 0 Å². The zero-order valence-corrected chi connectivity index (χ0v) is 12.2. The lowest BCUT2D eigenvalue weighted by atomic mass is 10.1. The molecule has 6 heteroatoms. The van der Waals surface area contributed by atoms with E-state index in [1.807, 2.05) is 19.1 Å². The highest BCUT2D eigenvalue weighted by molar-refractivity contribution is 5.84. The molecule has 1 heterocycles. The van der Waals surface area contributed by atoms with Gasteiger partial charge in [-0.3, -0.25) is 0 Å². The molecule has 0 radical (unpaired) electrons. The molecule has 114 valence electrons. The largest absolute Gasteiger partial charge is 0.494 e. The molecule has 1 aromatic carbocycles. The summed E-state index contributed by atoms with van der Waals surface area (Å²) in [5.41, 5.74) is 1.21. The molecule has 0 bridgehead atoms. The van der Waals surface area contributed by atoms with Crippen molar-refractivity contribution < 1.29 is 14.6 Å². The van der Waals surface area contributed by atoms with Crippen molar-refractivity contribution in [3.8, 4) is 5.75 Å². The van der Waals surface area contributed by atoms with E-state index in [2.05, 4.69) is 27.4 Å². The van der Waals surface area contributed by atoms with Gasteiger partial charge in [-0.2, -0.15) is 0 Å². The van der Waals surface area contributed by atoms with Gasteiger partial charge in [0, 0.05) is 12.0 Å². The van der Waals surface area contributed by atoms with Crippen molar-refractivity contribution in [2.75, 3.05) is 11.9 Å². The molecule has 0 spiro atoms. The number of benzene rings is 1. The number of rotatable bonds is 6. The van der Waals surface area contributed by atoms with Crippen molar-refractivity contribution in [1.29, 1.82) is 0 Å². The average Bonchev–Trinajstić information content (AvgIpc) is 3.28. The van der Waals surface area contributed by atoms with Gasteiger partial charge in [-0.05, 0) is 31.0 Å². The van der Waals surface area contributed by atoms with Crippen LogP contribution in [0.4, 0.5) is 5.82 Å². The Labute approximate surface area is 128 Å². The predicted molar refractivity (Wildman–Crippen MR) is 81.4 cm³/mol. The monoisotopic (exact) mass is 299 g/mol. The van der Waals surface area contributed by atoms with Crippen LogP contribution in [-0.4, -0.2) is 33.7 Å². The van der Waals surface area contributed by atoms with E-state index in [0.29, 0.717) is 24.4 Å². The van der Waals surface area contributed by atoms with E-state index in [9.17, 15) is 4.79 Å². The van der Waals surface area contributed by atoms with Crippen molar-refractivity contribution in [1.82, 2.24) is 9.97 Å². The van der Waals surface area contributed by atoms with E-state index >= 15 is 0 Å². The van der Waals surface area contributed by atoms with Crippen LogP contribution in [0.1, 0.15) is 35.3 Å². The van der Waals surface area contributed by atoms with Gasteiger partial charge in [0.15, 0.2) is 5.69 Å². The fourth-order valence-electron chi connectivity index (χ4n) is 2.40. The Morgan fingerprint density at radius 1 is 1.32 bits per heavy atom. The molecule has 0 aliphatic heterocycles. The average molecular weight is 299 g/mol. The second-order valence-corrected chi connectivity index (χ2v) is 5.19. The molecule has 22 heavy (non-hydrogen) atoms. The van der Waals surface area contributed by atoms with Gasteiger partial charge in [-0.25, -0.2) is 14.8 Å². The zero-order chi connectivity index (χ0) is 15.5. The summed E-state index contributed by atoms with van der Waals surface area (Å²) in [6.45, 7) is 2.63. The molecule has 1 aromatic heterocycles. The van der Waals surface area contributed by atoms with E-state index < -0.39 is 5.97 Å². The van der Waals surface area contributed by atoms with Gasteiger partial charge in [0.2, 0.25) is 0 Å². The molecular formula is C16H17N3O3. The zero-order valence-electron chi connectivity index (χ0n) is 12.2. The van der Waals surface area contributed by atoms with Crippen molar-refractivity contribution in [2.45, 2.75) is 25.3 Å². The third kappa shape index (κ3) is 3.16. The fourth-order valence-corrected chi connectivity index (χ4v) is 2.40. The molecular weight excluding hydrogens is 282 g/mol. The highest BCUT2D eigenvalue weighted by Gasteiger charge is 2.38. The summed E-state index contributed by atoms with van der Waals surface area (Å²) >= 11 is 0. The van der Waals surface area contributed by atoms with E-state index in [-0.39, 0.29) is 5.69 Å². The molecule has 2 aromatic rings. The highest BCUT2D eigenvalue weighted by Crippen LogP contribution is 2.42. The molecule has 1 aliphatic carbocycles. The maximum atomic E-state index is 10.7. The number of nitrogens with one attached hydrogen (secondary N) is 1. The molecule has 6 nitrogen and oxygen atoms in total. The third-order valence-electron chi connectivity index (χ3n) is 3.61. The second kappa shape index (κ2) is 6.01. The quantitative estimate of drug-likeness (QED) is 0.852. The molecule has 0 amide bonds. The van der Waals surface area contributed by atoms with E-state index in [1.54, 1.807) is 0 Å². The number of anilines is 1. The number of aromatic nitrogens is 2. The summed E-state index contributed by atoms with van der Waals surface area (Å²) in [5.74, 6) is 0.851. The number of carboxylic acid groups (broad SMARTS) is 1. The molecule has 0 unspecified atom stereocenters. The second-order valence-electron chi connectivity index (χ2n) is 5.19. The van der Waals surface area contributed by atoms with Gasteiger partial charge < -0.3 is 15.2 Å². The molecule has 3 rings (SSSR count). The maximum absolute atomic E-state index is 10.7. The summed E-state index contributed by atoms with van der Waals surface area (Å²) in [5, 5.41) is 12.1. The van der Waals surface area contributed by atoms with Crippen molar-refractivity contribution in [3.05, 3.63) is 47.9 Å². The Morgan fingerprint density at radius 3 is 2.68 bits per heavy atom. The van der Waals surface area contributed by atoms with Crippen LogP contribution < -0.4 is 10.1 Å². The molecule has 0 saturated heterocycles. The van der Waals surface area contributed by atoms with Crippen LogP contribution in [0.2, 0.25) is 0 Å². The Bertz CT molecular complexity index is 655. The molecule has 2 atom stereocenters. The molecule has 1 saturated carbocycles. The lowest BCUT2D eigenvalue weighted by Crippen LogP contribution is -2.08. The first-order valence-corrected chi connectivity index (χ1v) is 7.22. The number of carbonyl (C=O) groups is 1. The Hall–Kier alpha value is -2.63. The van der Waals surface area contributed by atoms with Crippen LogP contribution in [0, 0.1) is 0 Å². The first-order valence-electron chi connectivity index (χ1n) is 7.22. The van der Waals surface area contributed by atoms with Gasteiger partial charge in [-0.1, -0.05) is 12.1 Å². The Morgan fingerprint density at radius 2 is 2.09 bits per heavy atom. The van der Waals surface area contributed by atoms with Crippen LogP contribution in [-0.2, 0) is 0 Å². The van der Waals surface area contributed by atoms with Crippen molar-refractivity contribution in [3.63, 3.8) is 0 Å². The minimum absolute atomic E-state index is 0.0515. The van der Waals surface area contributed by atoms with Gasteiger partial charge in [0.05, 0.1) is 19.0 Å². The standard InChI is InChI=1S/C16H17N3O3/c1-2-22-11-5-3-10(4-6-11)12-7-13(12)19-15-9-17-14(8-18-15)16(20)21/h3-6,8-9,12-13H,2,7H2,1H3,(H,18,19)(H,20,21)/t12-,13+/m0/s1. The van der Waals surface area contributed by atoms with Gasteiger partial charge in [0.25, 0.3) is 0 Å². The first kappa shape index (κ1) is 14.3. The number of aromatic carboxylic acids is 1. The summed E-state index contributed by atoms with van der Waals surface area (Å²) < 4.78 is 5.43. The van der Waals surface area contributed by atoms with Crippen LogP contribution in [0.5, 0.6) is 5.75 Å². The normalized spacial score (nSPS) is 19.5. The van der Waals surface area contributed by atoms with E-state index in [4.69, 9.17) is 9.84 Å². The molecule has 2 N–H and O–H groups in total. The van der Waals surface area contributed by atoms with Crippen molar-refractivity contribution >= 4 is 11.8 Å². The number of ether oxygens (including phenoxy) is 1. The lowest BCUT2D eigenvalue weighted by molar-refractivity contribution is 0.0690. The summed E-state index contributed by atoms with van der Waals surface area (Å²) in [6, 6.07) is 8.43. The number of hydrogen-bond donors (Lipinski definition) is 2. The lowest BCUT2D eigenvalue weighted by Gasteiger charge is -2.06. The van der Waals surface area contributed by atoms with E-state index in [0.717, 1.165) is 12.2 Å². The predicted octanol–water partition coefficient (Wildman–Crippen LogP) is 2.54. The number of nitrogens with zero attached hydrogens (tertiary/aromatic N) is 2. The SMILES string of the molecule is CCOc1ccc([C@@H]2C[C@H]2Nc2cnc(C(=O)O)cn2)cc1. The smallest absolute Gasteiger partial charge is 0.356 e. The first-order chi connectivity index (χ1) is 10.7. The summed E-state index contributed by atoms with van der Waals surface area (Å²) in [4.78, 5) is 18.6. The van der Waals surface area contributed by atoms with Crippen LogP contribution in [0.3, 0.4) is 0 Å². The van der Waals surface area contributed by atoms with Crippen LogP contribution in [0.25, 0.3) is 0 Å². The van der Waals surface area contributed by atoms with Gasteiger partial charge >= 0.3 is 5.97 Å². The third-order valence-corrected chi connectivity index (χ3v) is 3.61. The Balaban J connectivity index is 1.58. The number of carboxylic acids is 1. The highest BCUT2D eigenvalue weighted by atomic mass is 16.5. The molecule has 1 fully saturated rings. The van der Waals surface area contributed by atoms with Gasteiger partial charge in [-0.15, -0.1) is 0 Å². The Kier molecular flexibility index (Phi) is 3.91.